The van der Waals surface area contributed by atoms with Crippen molar-refractivity contribution in [2.75, 3.05) is 60.0 Å². The topological polar surface area (TPSA) is 138 Å². The van der Waals surface area contributed by atoms with Crippen molar-refractivity contribution in [3.63, 3.8) is 0 Å². The molecule has 3 fully saturated rings. The molecule has 0 aliphatic carbocycles. The molecule has 3 saturated heterocycles. The summed E-state index contributed by atoms with van der Waals surface area (Å²) < 4.78 is 10.2. The number of methoxy groups -OCH3 is 2. The maximum Gasteiger partial charge on any atom is 0.328 e. The summed E-state index contributed by atoms with van der Waals surface area (Å²) in [5.41, 5.74) is 0.826. The molecule has 4 rings (SSSR count). The van der Waals surface area contributed by atoms with E-state index in [2.05, 4.69) is 16.0 Å². The van der Waals surface area contributed by atoms with Crippen molar-refractivity contribution in [1.82, 2.24) is 15.1 Å². The fourth-order valence-corrected chi connectivity index (χ4v) is 5.91. The Labute approximate surface area is 229 Å². The molecule has 39 heavy (non-hydrogen) atoms. The second-order valence-electron chi connectivity index (χ2n) is 10.7. The molecular weight excluding hydrogens is 502 g/mol. The zero-order chi connectivity index (χ0) is 27.8. The Morgan fingerprint density at radius 1 is 0.897 bits per heavy atom. The Kier molecular flexibility index (Phi) is 10.2. The third kappa shape index (κ3) is 7.27. The van der Waals surface area contributed by atoms with E-state index in [1.54, 1.807) is 29.0 Å². The summed E-state index contributed by atoms with van der Waals surface area (Å²) in [5, 5.41) is 7.27. The Morgan fingerprint density at radius 2 is 1.49 bits per heavy atom. The van der Waals surface area contributed by atoms with E-state index in [9.17, 15) is 19.2 Å². The van der Waals surface area contributed by atoms with Gasteiger partial charge in [-0.1, -0.05) is 12.1 Å². The van der Waals surface area contributed by atoms with Crippen molar-refractivity contribution < 1.29 is 39.3 Å². The van der Waals surface area contributed by atoms with Gasteiger partial charge in [-0.3, -0.25) is 14.4 Å². The number of hydrogen-bond acceptors (Lipinski definition) is 6. The molecule has 0 radical (unpaired) electrons. The van der Waals surface area contributed by atoms with E-state index in [0.717, 1.165) is 57.4 Å². The fourth-order valence-electron chi connectivity index (χ4n) is 5.91. The van der Waals surface area contributed by atoms with Crippen LogP contribution in [0.5, 0.6) is 5.75 Å². The standard InChI is InChI=1S/C28H41N5O6/c1-38-22-5-3-19(4-6-22)17-23(28(37)39-2)31-25(34)24-18-32(26(35)20-7-11-29-12-8-20)15-16-33(24)27(36)21-9-13-30-14-10-21/h3-6,20-21,23-24,29-30H,7-18H2,1-2H3,(H,31,34)/p+2/t23-,24-/m0/s1. The minimum absolute atomic E-state index is 0.0348. The number of piperidine rings is 2. The number of nitrogens with two attached hydrogens (primary N) is 2. The molecule has 0 aromatic heterocycles. The molecular formula is C28H43N5O6+2. The van der Waals surface area contributed by atoms with E-state index < -0.39 is 24.0 Å². The molecule has 3 heterocycles. The largest absolute Gasteiger partial charge is 0.497 e. The van der Waals surface area contributed by atoms with Crippen LogP contribution in [-0.4, -0.2) is 106 Å². The van der Waals surface area contributed by atoms with Crippen LogP contribution < -0.4 is 20.7 Å². The van der Waals surface area contributed by atoms with Gasteiger partial charge >= 0.3 is 5.97 Å². The molecule has 0 saturated carbocycles. The summed E-state index contributed by atoms with van der Waals surface area (Å²) in [6.07, 6.45) is 3.41. The molecule has 11 nitrogen and oxygen atoms in total. The highest BCUT2D eigenvalue weighted by atomic mass is 16.5. The van der Waals surface area contributed by atoms with E-state index in [1.807, 2.05) is 12.1 Å². The first kappa shape index (κ1) is 28.8. The summed E-state index contributed by atoms with van der Waals surface area (Å²) in [5.74, 6) is -0.471. The van der Waals surface area contributed by atoms with Crippen LogP contribution in [0.4, 0.5) is 0 Å². The maximum atomic E-state index is 13.8. The monoisotopic (exact) mass is 545 g/mol. The summed E-state index contributed by atoms with van der Waals surface area (Å²) in [4.78, 5) is 56.8. The average molecular weight is 546 g/mol. The first-order valence-electron chi connectivity index (χ1n) is 14.1. The quantitative estimate of drug-likeness (QED) is 0.320. The third-order valence-corrected chi connectivity index (χ3v) is 8.25. The van der Waals surface area contributed by atoms with Gasteiger partial charge in [-0.2, -0.15) is 0 Å². The summed E-state index contributed by atoms with van der Waals surface area (Å²) in [7, 11) is 2.87. The Morgan fingerprint density at radius 3 is 2.05 bits per heavy atom. The Hall–Kier alpha value is -3.18. The van der Waals surface area contributed by atoms with Gasteiger partial charge in [-0.05, 0) is 17.7 Å². The number of quaternary nitrogens is 2. The molecule has 214 valence electrons. The van der Waals surface area contributed by atoms with Crippen molar-refractivity contribution in [1.29, 1.82) is 0 Å². The third-order valence-electron chi connectivity index (χ3n) is 8.25. The van der Waals surface area contributed by atoms with Gasteiger partial charge in [-0.15, -0.1) is 0 Å². The molecule has 0 spiro atoms. The normalized spacial score (nSPS) is 21.6. The lowest BCUT2D eigenvalue weighted by Gasteiger charge is -2.43. The molecule has 3 aliphatic rings. The highest BCUT2D eigenvalue weighted by molar-refractivity contribution is 5.92. The first-order chi connectivity index (χ1) is 18.9. The predicted octanol–water partition coefficient (Wildman–Crippen LogP) is -2.12. The minimum atomic E-state index is -0.933. The van der Waals surface area contributed by atoms with Gasteiger partial charge in [0, 0.05) is 57.0 Å². The van der Waals surface area contributed by atoms with Gasteiger partial charge in [-0.25, -0.2) is 4.79 Å². The lowest BCUT2D eigenvalue weighted by atomic mass is 9.93. The number of piperazine rings is 1. The summed E-state index contributed by atoms with van der Waals surface area (Å²) >= 11 is 0. The van der Waals surface area contributed by atoms with Gasteiger partial charge in [0.1, 0.15) is 17.8 Å². The molecule has 0 unspecified atom stereocenters. The van der Waals surface area contributed by atoms with Gasteiger partial charge in [0.05, 0.1) is 46.9 Å². The molecule has 3 amide bonds. The summed E-state index contributed by atoms with van der Waals surface area (Å²) in [6, 6.07) is 5.46. The minimum Gasteiger partial charge on any atom is -0.497 e. The smallest absolute Gasteiger partial charge is 0.328 e. The number of rotatable bonds is 8. The Balaban J connectivity index is 1.52. The van der Waals surface area contributed by atoms with E-state index in [1.165, 1.54) is 7.11 Å². The molecule has 1 aromatic carbocycles. The van der Waals surface area contributed by atoms with Crippen LogP contribution >= 0.6 is 0 Å². The van der Waals surface area contributed by atoms with Crippen molar-refractivity contribution in [2.45, 2.75) is 44.2 Å². The average Bonchev–Trinajstić information content (AvgIpc) is 3.00. The van der Waals surface area contributed by atoms with Crippen molar-refractivity contribution in [2.24, 2.45) is 11.8 Å². The fraction of sp³-hybridized carbons (Fsp3) is 0.643. The van der Waals surface area contributed by atoms with Crippen LogP contribution in [0.15, 0.2) is 24.3 Å². The van der Waals surface area contributed by atoms with E-state index in [0.29, 0.717) is 18.8 Å². The van der Waals surface area contributed by atoms with E-state index in [4.69, 9.17) is 9.47 Å². The highest BCUT2D eigenvalue weighted by Crippen LogP contribution is 2.22. The van der Waals surface area contributed by atoms with Crippen molar-refractivity contribution in [3.05, 3.63) is 29.8 Å². The van der Waals surface area contributed by atoms with E-state index >= 15 is 0 Å². The predicted molar refractivity (Wildman–Crippen MR) is 141 cm³/mol. The molecule has 2 atom stereocenters. The van der Waals surface area contributed by atoms with Crippen LogP contribution in [0.2, 0.25) is 0 Å². The highest BCUT2D eigenvalue weighted by Gasteiger charge is 2.42. The van der Waals surface area contributed by atoms with Crippen LogP contribution in [-0.2, 0) is 30.3 Å². The van der Waals surface area contributed by atoms with Gasteiger partial charge in [0.2, 0.25) is 17.7 Å². The number of ether oxygens (including phenoxy) is 2. The lowest BCUT2D eigenvalue weighted by molar-refractivity contribution is -0.664. The molecule has 3 aliphatic heterocycles. The number of nitrogens with zero attached hydrogens (tertiary/aromatic N) is 2. The van der Waals surface area contributed by atoms with Crippen molar-refractivity contribution in [3.8, 4) is 5.75 Å². The maximum absolute atomic E-state index is 13.8. The molecule has 5 N–H and O–H groups in total. The first-order valence-corrected chi connectivity index (χ1v) is 14.1. The van der Waals surface area contributed by atoms with Gasteiger partial charge < -0.3 is 35.2 Å². The lowest BCUT2D eigenvalue weighted by Crippen LogP contribution is -2.86. The SMILES string of the molecule is COC(=O)[C@H](Cc1ccc(OC)cc1)NC(=O)[C@@H]1CN(C(=O)C2CC[NH2+]CC2)CCN1C(=O)C1CC[NH2+]CC1. The van der Waals surface area contributed by atoms with Crippen LogP contribution in [0, 0.1) is 11.8 Å². The van der Waals surface area contributed by atoms with E-state index in [-0.39, 0.29) is 36.6 Å². The van der Waals surface area contributed by atoms with Crippen LogP contribution in [0.25, 0.3) is 0 Å². The molecule has 1 aromatic rings. The second-order valence-corrected chi connectivity index (χ2v) is 10.7. The van der Waals surface area contributed by atoms with Crippen LogP contribution in [0.1, 0.15) is 31.2 Å². The number of carbonyl (C=O) groups excluding carboxylic acids is 4. The number of esters is 1. The van der Waals surface area contributed by atoms with Gasteiger partial charge in [0.15, 0.2) is 0 Å². The zero-order valence-electron chi connectivity index (χ0n) is 23.1. The zero-order valence-corrected chi connectivity index (χ0v) is 23.1. The molecule has 11 heteroatoms. The number of nitrogens with one attached hydrogen (secondary N) is 1. The number of carbonyl (C=O) groups is 4. The second kappa shape index (κ2) is 13.7. The Bertz CT molecular complexity index is 1010. The number of amides is 3. The number of benzene rings is 1. The number of hydrogen-bond donors (Lipinski definition) is 3. The summed E-state index contributed by atoms with van der Waals surface area (Å²) in [6.45, 7) is 4.47. The molecule has 0 bridgehead atoms. The van der Waals surface area contributed by atoms with Gasteiger partial charge in [0.25, 0.3) is 0 Å². The van der Waals surface area contributed by atoms with Crippen molar-refractivity contribution >= 4 is 23.7 Å². The van der Waals surface area contributed by atoms with Crippen LogP contribution in [0.3, 0.4) is 0 Å².